The maximum Gasteiger partial charge on any atom is 0.312 e. The van der Waals surface area contributed by atoms with Gasteiger partial charge in [0.2, 0.25) is 0 Å². The van der Waals surface area contributed by atoms with Crippen LogP contribution in [0.2, 0.25) is 0 Å². The number of allylic oxidation sites excluding steroid dienone is 2. The summed E-state index contributed by atoms with van der Waals surface area (Å²) in [4.78, 5) is 13.2. The van der Waals surface area contributed by atoms with Crippen LogP contribution in [0.15, 0.2) is 11.6 Å². The van der Waals surface area contributed by atoms with Crippen molar-refractivity contribution in [3.63, 3.8) is 0 Å². The lowest BCUT2D eigenvalue weighted by molar-refractivity contribution is -0.389. The molecule has 23 atom stereocenters. The highest BCUT2D eigenvalue weighted by molar-refractivity contribution is 5.77. The van der Waals surface area contributed by atoms with Gasteiger partial charge in [0.25, 0.3) is 0 Å². The Morgan fingerprint density at radius 3 is 1.83 bits per heavy atom. The van der Waals surface area contributed by atoms with Gasteiger partial charge in [-0.2, -0.15) is 0 Å². The zero-order valence-corrected chi connectivity index (χ0v) is 38.8. The highest BCUT2D eigenvalue weighted by Crippen LogP contribution is 2.76. The van der Waals surface area contributed by atoms with Crippen LogP contribution < -0.4 is 0 Å². The molecule has 18 nitrogen and oxygen atoms in total. The van der Waals surface area contributed by atoms with Crippen molar-refractivity contribution in [1.29, 1.82) is 0 Å². The quantitative estimate of drug-likeness (QED) is 0.110. The van der Waals surface area contributed by atoms with Gasteiger partial charge in [-0.05, 0) is 103 Å². The number of fused-ring (bicyclic) bond motifs is 7. The lowest BCUT2D eigenvalue weighted by Gasteiger charge is -2.71. The number of hydrogen-bond acceptors (Lipinski definition) is 17. The molecule has 372 valence electrons. The minimum Gasteiger partial charge on any atom is -0.481 e. The summed E-state index contributed by atoms with van der Waals surface area (Å²) in [5.74, 6) is -0.850. The number of carboxylic acids is 1. The van der Waals surface area contributed by atoms with Gasteiger partial charge in [-0.15, -0.1) is 0 Å². The van der Waals surface area contributed by atoms with Crippen molar-refractivity contribution in [1.82, 2.24) is 0 Å². The van der Waals surface area contributed by atoms with E-state index in [9.17, 15) is 61.0 Å². The molecule has 0 bridgehead atoms. The summed E-state index contributed by atoms with van der Waals surface area (Å²) in [5, 5.41) is 118. The van der Waals surface area contributed by atoms with Crippen LogP contribution in [0.5, 0.6) is 0 Å². The summed E-state index contributed by atoms with van der Waals surface area (Å²) >= 11 is 0. The summed E-state index contributed by atoms with van der Waals surface area (Å²) in [7, 11) is 0. The van der Waals surface area contributed by atoms with Crippen LogP contribution >= 0.6 is 0 Å². The number of aliphatic hydroxyl groups excluding tert-OH is 10. The fourth-order valence-corrected chi connectivity index (χ4v) is 15.0. The Morgan fingerprint density at radius 2 is 1.26 bits per heavy atom. The molecule has 0 amide bonds. The van der Waals surface area contributed by atoms with Crippen molar-refractivity contribution in [2.75, 3.05) is 19.8 Å². The van der Waals surface area contributed by atoms with Gasteiger partial charge >= 0.3 is 5.97 Å². The maximum atomic E-state index is 13.2. The molecular formula is C47H76O18. The van der Waals surface area contributed by atoms with Crippen LogP contribution in [0, 0.1) is 50.2 Å². The third-order valence-electron chi connectivity index (χ3n) is 19.0. The third-order valence-corrected chi connectivity index (χ3v) is 19.0. The van der Waals surface area contributed by atoms with Gasteiger partial charge in [-0.1, -0.05) is 60.1 Å². The molecule has 18 heteroatoms. The average Bonchev–Trinajstić information content (AvgIpc) is 3.23. The van der Waals surface area contributed by atoms with E-state index in [1.165, 1.54) is 5.57 Å². The number of carbonyl (C=O) groups is 1. The second kappa shape index (κ2) is 17.5. The number of aliphatic carboxylic acids is 1. The zero-order chi connectivity index (χ0) is 47.6. The predicted molar refractivity (Wildman–Crippen MR) is 226 cm³/mol. The summed E-state index contributed by atoms with van der Waals surface area (Å²) in [6.07, 6.45) is -15.7. The Morgan fingerprint density at radius 1 is 0.677 bits per heavy atom. The Hall–Kier alpha value is -1.43. The van der Waals surface area contributed by atoms with E-state index in [4.69, 9.17) is 28.4 Å². The van der Waals surface area contributed by atoms with Gasteiger partial charge in [0.05, 0.1) is 32.0 Å². The monoisotopic (exact) mass is 929 g/mol. The van der Waals surface area contributed by atoms with Gasteiger partial charge < -0.3 is 84.6 Å². The fraction of sp³-hybridized carbons (Fsp3) is 0.936. The molecule has 65 heavy (non-hydrogen) atoms. The van der Waals surface area contributed by atoms with E-state index in [-0.39, 0.29) is 40.6 Å². The van der Waals surface area contributed by atoms with Crippen molar-refractivity contribution in [2.24, 2.45) is 50.2 Å². The molecule has 8 aliphatic rings. The first-order valence-electron chi connectivity index (χ1n) is 23.8. The number of aliphatic hydroxyl groups is 10. The first kappa shape index (κ1) is 50.0. The first-order valence-corrected chi connectivity index (χ1v) is 23.8. The molecule has 0 unspecified atom stereocenters. The van der Waals surface area contributed by atoms with Crippen LogP contribution in [-0.2, 0) is 33.2 Å². The summed E-state index contributed by atoms with van der Waals surface area (Å²) in [6.45, 7) is 13.9. The molecule has 5 aliphatic carbocycles. The normalized spacial score (nSPS) is 54.0. The zero-order valence-electron chi connectivity index (χ0n) is 38.8. The largest absolute Gasteiger partial charge is 0.481 e. The standard InChI is InChI=1S/C47H76O18/c1-42(2)14-15-47(41(58)59)22(16-42)21-8-9-27-44(5)12-11-29(43(3,4)26(44)10-13-45(27,6)46(21,7)17-28(47)51)63-40-37(65-39-35(57)33(55)31(53)25(19-49)62-39)36(23(50)20-60-40)64-38-34(56)32(54)30(52)24(18-48)61-38/h8,22-40,48-57H,9-20H2,1-7H3,(H,58,59)/t22-,23-,24+,25+,26-,27+,28+,29-,30+,31-,32-,33-,34+,35+,36-,37-,38-,39-,40-,44-,45+,46+,47+/m0/s1. The van der Waals surface area contributed by atoms with Crippen LogP contribution in [0.1, 0.15) is 106 Å². The molecule has 0 aromatic rings. The molecule has 0 aromatic heterocycles. The van der Waals surface area contributed by atoms with Gasteiger partial charge in [0.15, 0.2) is 18.9 Å². The van der Waals surface area contributed by atoms with E-state index < -0.39 is 134 Å². The van der Waals surface area contributed by atoms with E-state index in [0.717, 1.165) is 32.1 Å². The fourth-order valence-electron chi connectivity index (χ4n) is 15.0. The van der Waals surface area contributed by atoms with Crippen LogP contribution in [0.4, 0.5) is 0 Å². The number of rotatable bonds is 9. The van der Waals surface area contributed by atoms with Crippen LogP contribution in [0.3, 0.4) is 0 Å². The van der Waals surface area contributed by atoms with Crippen LogP contribution in [-0.4, -0.2) is 180 Å². The van der Waals surface area contributed by atoms with E-state index in [2.05, 4.69) is 54.5 Å². The van der Waals surface area contributed by atoms with E-state index >= 15 is 0 Å². The second-order valence-electron chi connectivity index (χ2n) is 23.1. The molecule has 0 spiro atoms. The van der Waals surface area contributed by atoms with E-state index in [1.54, 1.807) is 0 Å². The van der Waals surface area contributed by atoms with E-state index in [0.29, 0.717) is 25.7 Å². The molecule has 3 heterocycles. The van der Waals surface area contributed by atoms with Crippen molar-refractivity contribution in [2.45, 2.75) is 204 Å². The van der Waals surface area contributed by atoms with Crippen molar-refractivity contribution in [3.8, 4) is 0 Å². The molecule has 0 radical (unpaired) electrons. The van der Waals surface area contributed by atoms with Gasteiger partial charge in [-0.3, -0.25) is 4.79 Å². The Labute approximate surface area is 380 Å². The Bertz CT molecular complexity index is 1770. The summed E-state index contributed by atoms with van der Waals surface area (Å²) in [6, 6.07) is 0. The molecular weight excluding hydrogens is 852 g/mol. The predicted octanol–water partition coefficient (Wildman–Crippen LogP) is 0.316. The van der Waals surface area contributed by atoms with Crippen molar-refractivity contribution >= 4 is 5.97 Å². The lowest BCUT2D eigenvalue weighted by atomic mass is 9.33. The number of ether oxygens (including phenoxy) is 6. The van der Waals surface area contributed by atoms with Crippen molar-refractivity contribution < 1.29 is 89.4 Å². The minimum atomic E-state index is -1.86. The molecule has 7 fully saturated rings. The Kier molecular flexibility index (Phi) is 13.4. The van der Waals surface area contributed by atoms with E-state index in [1.807, 2.05) is 0 Å². The maximum absolute atomic E-state index is 13.2. The van der Waals surface area contributed by atoms with Gasteiger partial charge in [-0.25, -0.2) is 0 Å². The average molecular weight is 929 g/mol. The van der Waals surface area contributed by atoms with Crippen LogP contribution in [0.25, 0.3) is 0 Å². The third kappa shape index (κ3) is 7.71. The second-order valence-corrected chi connectivity index (χ2v) is 23.1. The molecule has 3 saturated heterocycles. The highest BCUT2D eigenvalue weighted by Gasteiger charge is 2.71. The smallest absolute Gasteiger partial charge is 0.312 e. The summed E-state index contributed by atoms with van der Waals surface area (Å²) < 4.78 is 36.8. The minimum absolute atomic E-state index is 0.0582. The summed E-state index contributed by atoms with van der Waals surface area (Å²) in [5.41, 5.74) is -1.46. The molecule has 0 aromatic carbocycles. The highest BCUT2D eigenvalue weighted by atomic mass is 16.8. The van der Waals surface area contributed by atoms with Gasteiger partial charge in [0, 0.05) is 0 Å². The number of carboxylic acid groups (broad SMARTS) is 1. The Balaban J connectivity index is 1.08. The molecule has 8 rings (SSSR count). The molecule has 4 saturated carbocycles. The topological polar surface area (TPSA) is 295 Å². The SMILES string of the molecule is CC1(C)CC[C@]2(C(=O)O)[C@H](O)C[C@]3(C)C(=CC[C@@H]4[C@@]5(C)CC[C@H](O[C@@H]6OC[C@H](O)[C@H](O[C@@H]7O[C@H](CO)[C@@H](O)[C@H](O)[C@H]7O)[C@@H]6O[C@@H]6O[C@H](CO)[C@H](O)[C@H](O)[C@H]6O)C(C)(C)[C@@H]5CC[C@]43C)[C@@H]2C1. The molecule has 3 aliphatic heterocycles. The first-order chi connectivity index (χ1) is 30.3. The number of hydrogen-bond donors (Lipinski definition) is 11. The lowest BCUT2D eigenvalue weighted by Crippen LogP contribution is -2.68. The molecule has 11 N–H and O–H groups in total. The van der Waals surface area contributed by atoms with Crippen molar-refractivity contribution in [3.05, 3.63) is 11.6 Å². The van der Waals surface area contributed by atoms with Gasteiger partial charge in [0.1, 0.15) is 72.6 Å².